The van der Waals surface area contributed by atoms with E-state index in [2.05, 4.69) is 15.7 Å². The molecule has 1 heterocycles. The fourth-order valence-electron chi connectivity index (χ4n) is 2.02. The quantitative estimate of drug-likeness (QED) is 0.742. The minimum atomic E-state index is -0.585. The number of methoxy groups -OCH3 is 1. The van der Waals surface area contributed by atoms with Crippen LogP contribution in [0.5, 0.6) is 5.75 Å². The van der Waals surface area contributed by atoms with Crippen LogP contribution >= 0.6 is 12.2 Å². The van der Waals surface area contributed by atoms with Crippen molar-refractivity contribution in [2.75, 3.05) is 17.7 Å². The lowest BCUT2D eigenvalue weighted by molar-refractivity contribution is 0.0992. The number of amides is 1. The van der Waals surface area contributed by atoms with Crippen molar-refractivity contribution in [3.05, 3.63) is 35.7 Å². The molecule has 1 aromatic heterocycles. The third kappa shape index (κ3) is 3.34. The average Bonchev–Trinajstić information content (AvgIpc) is 2.79. The number of aryl methyl sites for hydroxylation is 2. The van der Waals surface area contributed by atoms with Crippen LogP contribution in [0.2, 0.25) is 0 Å². The van der Waals surface area contributed by atoms with E-state index in [-0.39, 0.29) is 5.69 Å². The molecule has 8 heteroatoms. The van der Waals surface area contributed by atoms with Gasteiger partial charge in [-0.3, -0.25) is 9.48 Å². The van der Waals surface area contributed by atoms with E-state index in [9.17, 15) is 4.79 Å². The van der Waals surface area contributed by atoms with Gasteiger partial charge in [0.2, 0.25) is 0 Å². The maximum absolute atomic E-state index is 11.4. The summed E-state index contributed by atoms with van der Waals surface area (Å²) in [7, 11) is 3.21. The molecule has 0 atom stereocenters. The Kier molecular flexibility index (Phi) is 4.62. The Balaban J connectivity index is 2.18. The lowest BCUT2D eigenvalue weighted by atomic mass is 10.2. The molecular formula is C14H17N5O2S. The number of aromatic nitrogens is 2. The third-order valence-electron chi connectivity index (χ3n) is 3.02. The molecule has 2 aromatic rings. The van der Waals surface area contributed by atoms with E-state index >= 15 is 0 Å². The summed E-state index contributed by atoms with van der Waals surface area (Å²) < 4.78 is 6.67. The number of benzene rings is 1. The first-order valence-corrected chi connectivity index (χ1v) is 6.87. The van der Waals surface area contributed by atoms with E-state index in [4.69, 9.17) is 22.7 Å². The predicted octanol–water partition coefficient (Wildman–Crippen LogP) is 1.64. The number of nitrogens with zero attached hydrogens (tertiary/aromatic N) is 2. The van der Waals surface area contributed by atoms with Crippen LogP contribution in [0.3, 0.4) is 0 Å². The number of nitrogens with two attached hydrogens (primary N) is 1. The monoisotopic (exact) mass is 319 g/mol. The summed E-state index contributed by atoms with van der Waals surface area (Å²) in [5.41, 5.74) is 7.81. The van der Waals surface area contributed by atoms with E-state index in [0.717, 1.165) is 11.3 Å². The number of nitrogens with one attached hydrogen (secondary N) is 2. The Morgan fingerprint density at radius 3 is 2.68 bits per heavy atom. The van der Waals surface area contributed by atoms with Gasteiger partial charge in [-0.2, -0.15) is 5.10 Å². The minimum Gasteiger partial charge on any atom is -0.495 e. The number of hydrogen-bond donors (Lipinski definition) is 3. The highest BCUT2D eigenvalue weighted by Crippen LogP contribution is 2.25. The van der Waals surface area contributed by atoms with Gasteiger partial charge in [0.05, 0.1) is 24.7 Å². The van der Waals surface area contributed by atoms with Gasteiger partial charge in [-0.25, -0.2) is 0 Å². The van der Waals surface area contributed by atoms with Crippen molar-refractivity contribution in [3.8, 4) is 5.75 Å². The number of primary amides is 1. The second-order valence-electron chi connectivity index (χ2n) is 4.68. The van der Waals surface area contributed by atoms with Gasteiger partial charge in [0.1, 0.15) is 11.4 Å². The Bertz CT molecular complexity index is 726. The van der Waals surface area contributed by atoms with Gasteiger partial charge in [-0.15, -0.1) is 0 Å². The van der Waals surface area contributed by atoms with E-state index in [1.807, 2.05) is 25.1 Å². The standard InChI is InChI=1S/C14H17N5O2S/c1-8-4-5-11(21-3)9(6-8)17-14(22)18-10-7-16-19(2)12(10)13(15)20/h4-7H,1-3H3,(H2,15,20)(H2,17,18,22). The summed E-state index contributed by atoms with van der Waals surface area (Å²) in [5.74, 6) is 0.0782. The molecule has 0 unspecified atom stereocenters. The van der Waals surface area contributed by atoms with Gasteiger partial charge in [0.15, 0.2) is 5.11 Å². The molecule has 0 aliphatic heterocycles. The highest BCUT2D eigenvalue weighted by Gasteiger charge is 2.15. The molecule has 0 fully saturated rings. The Morgan fingerprint density at radius 2 is 2.05 bits per heavy atom. The lowest BCUT2D eigenvalue weighted by Crippen LogP contribution is -2.23. The van der Waals surface area contributed by atoms with E-state index < -0.39 is 5.91 Å². The first-order valence-electron chi connectivity index (χ1n) is 6.47. The van der Waals surface area contributed by atoms with Crippen LogP contribution in [0.25, 0.3) is 0 Å². The van der Waals surface area contributed by atoms with Crippen LogP contribution in [0.15, 0.2) is 24.4 Å². The van der Waals surface area contributed by atoms with Gasteiger partial charge >= 0.3 is 0 Å². The van der Waals surface area contributed by atoms with Gasteiger partial charge in [-0.1, -0.05) is 6.07 Å². The highest BCUT2D eigenvalue weighted by molar-refractivity contribution is 7.80. The summed E-state index contributed by atoms with van der Waals surface area (Å²) in [6.07, 6.45) is 1.49. The smallest absolute Gasteiger partial charge is 0.269 e. The molecule has 0 spiro atoms. The summed E-state index contributed by atoms with van der Waals surface area (Å²) in [6, 6.07) is 5.69. The van der Waals surface area contributed by atoms with Crippen molar-refractivity contribution in [2.24, 2.45) is 12.8 Å². The summed E-state index contributed by atoms with van der Waals surface area (Å²) in [6.45, 7) is 1.97. The van der Waals surface area contributed by atoms with Crippen LogP contribution in [0.4, 0.5) is 11.4 Å². The normalized spacial score (nSPS) is 10.1. The molecule has 4 N–H and O–H groups in total. The molecular weight excluding hydrogens is 302 g/mol. The number of carbonyl (C=O) groups is 1. The van der Waals surface area contributed by atoms with E-state index in [0.29, 0.717) is 16.5 Å². The second kappa shape index (κ2) is 6.44. The number of rotatable bonds is 4. The number of carbonyl (C=O) groups excluding carboxylic acids is 1. The molecule has 1 amide bonds. The topological polar surface area (TPSA) is 94.2 Å². The molecule has 0 aliphatic carbocycles. The molecule has 7 nitrogen and oxygen atoms in total. The van der Waals surface area contributed by atoms with E-state index in [1.54, 1.807) is 14.2 Å². The van der Waals surface area contributed by atoms with Gasteiger partial charge in [-0.05, 0) is 36.8 Å². The van der Waals surface area contributed by atoms with Crippen LogP contribution in [-0.2, 0) is 7.05 Å². The highest BCUT2D eigenvalue weighted by atomic mass is 32.1. The molecule has 22 heavy (non-hydrogen) atoms. The molecule has 2 rings (SSSR count). The summed E-state index contributed by atoms with van der Waals surface area (Å²) in [4.78, 5) is 11.4. The third-order valence-corrected chi connectivity index (χ3v) is 3.23. The first kappa shape index (κ1) is 15.8. The Hall–Kier alpha value is -2.61. The maximum Gasteiger partial charge on any atom is 0.269 e. The van der Waals surface area contributed by atoms with Crippen LogP contribution in [0, 0.1) is 6.92 Å². The van der Waals surface area contributed by atoms with Crippen molar-refractivity contribution in [2.45, 2.75) is 6.92 Å². The zero-order chi connectivity index (χ0) is 16.3. The SMILES string of the molecule is COc1ccc(C)cc1NC(=S)Nc1cnn(C)c1C(N)=O. The lowest BCUT2D eigenvalue weighted by Gasteiger charge is -2.14. The van der Waals surface area contributed by atoms with Crippen molar-refractivity contribution in [1.29, 1.82) is 0 Å². The fraction of sp³-hybridized carbons (Fsp3) is 0.214. The minimum absolute atomic E-state index is 0.250. The van der Waals surface area contributed by atoms with Crippen molar-refractivity contribution in [1.82, 2.24) is 9.78 Å². The largest absolute Gasteiger partial charge is 0.495 e. The number of thiocarbonyl (C=S) groups is 1. The predicted molar refractivity (Wildman–Crippen MR) is 89.3 cm³/mol. The van der Waals surface area contributed by atoms with Crippen LogP contribution in [-0.4, -0.2) is 27.9 Å². The molecule has 116 valence electrons. The van der Waals surface area contributed by atoms with E-state index in [1.165, 1.54) is 10.9 Å². The van der Waals surface area contributed by atoms with Crippen molar-refractivity contribution in [3.63, 3.8) is 0 Å². The number of hydrogen-bond acceptors (Lipinski definition) is 4. The summed E-state index contributed by atoms with van der Waals surface area (Å²) in [5, 5.41) is 10.2. The first-order chi connectivity index (χ1) is 10.4. The van der Waals surface area contributed by atoms with Crippen molar-refractivity contribution < 1.29 is 9.53 Å². The molecule has 0 radical (unpaired) electrons. The van der Waals surface area contributed by atoms with Gasteiger partial charge < -0.3 is 21.1 Å². The van der Waals surface area contributed by atoms with Gasteiger partial charge in [0, 0.05) is 7.05 Å². The molecule has 1 aromatic carbocycles. The average molecular weight is 319 g/mol. The fourth-order valence-corrected chi connectivity index (χ4v) is 2.24. The molecule has 0 aliphatic rings. The molecule has 0 saturated heterocycles. The second-order valence-corrected chi connectivity index (χ2v) is 5.09. The molecule has 0 saturated carbocycles. The van der Waals surface area contributed by atoms with Crippen molar-refractivity contribution >= 4 is 34.6 Å². The summed E-state index contributed by atoms with van der Waals surface area (Å²) >= 11 is 5.26. The number of ether oxygens (including phenoxy) is 1. The van der Waals surface area contributed by atoms with Crippen LogP contribution in [0.1, 0.15) is 16.1 Å². The maximum atomic E-state index is 11.4. The zero-order valence-electron chi connectivity index (χ0n) is 12.5. The number of anilines is 2. The van der Waals surface area contributed by atoms with Gasteiger partial charge in [0.25, 0.3) is 5.91 Å². The molecule has 0 bridgehead atoms. The Labute approximate surface area is 133 Å². The Morgan fingerprint density at radius 1 is 1.36 bits per heavy atom. The van der Waals surface area contributed by atoms with Crippen LogP contribution < -0.4 is 21.1 Å². The zero-order valence-corrected chi connectivity index (χ0v) is 13.3.